The van der Waals surface area contributed by atoms with E-state index < -0.39 is 6.09 Å². The predicted molar refractivity (Wildman–Crippen MR) is 109 cm³/mol. The minimum atomic E-state index is -0.554. The minimum absolute atomic E-state index is 0.207. The Bertz CT molecular complexity index is 806. The summed E-state index contributed by atoms with van der Waals surface area (Å²) in [6, 6.07) is 17.2. The first-order chi connectivity index (χ1) is 14.1. The molecule has 6 heteroatoms. The number of rotatable bonds is 9. The number of cyclic esters (lactones) is 1. The van der Waals surface area contributed by atoms with Crippen molar-refractivity contribution in [1.82, 2.24) is 4.90 Å². The Morgan fingerprint density at radius 1 is 1.14 bits per heavy atom. The first-order valence-corrected chi connectivity index (χ1v) is 9.83. The molecular weight excluding hydrogens is 370 g/mol. The Morgan fingerprint density at radius 2 is 1.86 bits per heavy atom. The summed E-state index contributed by atoms with van der Waals surface area (Å²) in [5.41, 5.74) is 2.11. The summed E-state index contributed by atoms with van der Waals surface area (Å²) in [5, 5.41) is 0. The Hall–Kier alpha value is -2.86. The third-order valence-corrected chi connectivity index (χ3v) is 5.06. The molecule has 29 heavy (non-hydrogen) atoms. The quantitative estimate of drug-likeness (QED) is 0.602. The second-order valence-electron chi connectivity index (χ2n) is 7.22. The number of nitrogens with zero attached hydrogens (tertiary/aromatic N) is 1. The van der Waals surface area contributed by atoms with Crippen molar-refractivity contribution in [2.75, 3.05) is 20.3 Å². The molecule has 3 rings (SSSR count). The number of amides is 2. The Morgan fingerprint density at radius 3 is 2.55 bits per heavy atom. The molecule has 2 atom stereocenters. The van der Waals surface area contributed by atoms with E-state index in [1.165, 1.54) is 4.90 Å². The fourth-order valence-electron chi connectivity index (χ4n) is 3.30. The number of imide groups is 1. The van der Waals surface area contributed by atoms with E-state index in [-0.39, 0.29) is 24.5 Å². The average Bonchev–Trinajstić information content (AvgIpc) is 3.11. The maximum absolute atomic E-state index is 12.8. The van der Waals surface area contributed by atoms with Gasteiger partial charge in [0.15, 0.2) is 0 Å². The van der Waals surface area contributed by atoms with Crippen molar-refractivity contribution in [3.05, 3.63) is 65.7 Å². The smallest absolute Gasteiger partial charge is 0.416 e. The third kappa shape index (κ3) is 5.57. The van der Waals surface area contributed by atoms with Crippen molar-refractivity contribution < 1.29 is 23.8 Å². The summed E-state index contributed by atoms with van der Waals surface area (Å²) in [4.78, 5) is 26.3. The lowest BCUT2D eigenvalue weighted by atomic mass is 10.0. The molecule has 1 aliphatic rings. The maximum Gasteiger partial charge on any atom is 0.416 e. The topological polar surface area (TPSA) is 65.1 Å². The summed E-state index contributed by atoms with van der Waals surface area (Å²) in [6.45, 7) is 2.96. The fraction of sp³-hybridized carbons (Fsp3) is 0.391. The molecule has 0 spiro atoms. The van der Waals surface area contributed by atoms with Crippen LogP contribution < -0.4 is 4.74 Å². The van der Waals surface area contributed by atoms with Gasteiger partial charge < -0.3 is 14.2 Å². The van der Waals surface area contributed by atoms with E-state index in [9.17, 15) is 9.59 Å². The summed E-state index contributed by atoms with van der Waals surface area (Å²) in [7, 11) is 1.63. The van der Waals surface area contributed by atoms with Gasteiger partial charge in [-0.1, -0.05) is 49.4 Å². The van der Waals surface area contributed by atoms with Crippen molar-refractivity contribution in [3.8, 4) is 5.75 Å². The normalized spacial score (nSPS) is 17.1. The molecule has 2 aromatic rings. The van der Waals surface area contributed by atoms with Gasteiger partial charge in [0.25, 0.3) is 0 Å². The molecule has 2 amide bonds. The Labute approximate surface area is 171 Å². The highest BCUT2D eigenvalue weighted by atomic mass is 16.6. The van der Waals surface area contributed by atoms with Crippen LogP contribution in [0.15, 0.2) is 54.6 Å². The molecule has 6 nitrogen and oxygen atoms in total. The molecule has 1 saturated heterocycles. The van der Waals surface area contributed by atoms with Crippen LogP contribution in [0.25, 0.3) is 0 Å². The predicted octanol–water partition coefficient (Wildman–Crippen LogP) is 3.83. The van der Waals surface area contributed by atoms with Gasteiger partial charge in [0.05, 0.1) is 19.8 Å². The minimum Gasteiger partial charge on any atom is -0.497 e. The second-order valence-corrected chi connectivity index (χ2v) is 7.22. The molecule has 1 heterocycles. The van der Waals surface area contributed by atoms with E-state index >= 15 is 0 Å². The van der Waals surface area contributed by atoms with Crippen molar-refractivity contribution in [2.45, 2.75) is 32.4 Å². The van der Waals surface area contributed by atoms with Crippen molar-refractivity contribution in [3.63, 3.8) is 0 Å². The number of ether oxygens (including phenoxy) is 3. The molecule has 2 aromatic carbocycles. The molecule has 0 saturated carbocycles. The molecular formula is C23H27NO5. The maximum atomic E-state index is 12.8. The van der Waals surface area contributed by atoms with Gasteiger partial charge in [-0.25, -0.2) is 9.69 Å². The molecule has 154 valence electrons. The Kier molecular flexibility index (Phi) is 7.25. The fourth-order valence-corrected chi connectivity index (χ4v) is 3.30. The number of hydrogen-bond acceptors (Lipinski definition) is 5. The molecule has 0 unspecified atom stereocenters. The van der Waals surface area contributed by atoms with E-state index in [4.69, 9.17) is 14.2 Å². The zero-order valence-corrected chi connectivity index (χ0v) is 16.9. The van der Waals surface area contributed by atoms with Crippen LogP contribution in [0.5, 0.6) is 5.75 Å². The SMILES string of the molecule is COc1ccc(COCC[C@@H](C)C(=O)N2C(=O)OC[C@H]2Cc2ccccc2)cc1. The standard InChI is InChI=1S/C23H27NO5/c1-17(12-13-28-15-19-8-10-21(27-2)11-9-19)22(25)24-20(16-29-23(24)26)14-18-6-4-3-5-7-18/h3-11,17,20H,12-16H2,1-2H3/t17-,20-/m1/s1. The van der Waals surface area contributed by atoms with Gasteiger partial charge in [-0.2, -0.15) is 0 Å². The molecule has 0 radical (unpaired) electrons. The van der Waals surface area contributed by atoms with E-state index in [1.807, 2.05) is 61.5 Å². The van der Waals surface area contributed by atoms with Crippen molar-refractivity contribution >= 4 is 12.0 Å². The molecule has 1 aliphatic heterocycles. The van der Waals surface area contributed by atoms with Crippen molar-refractivity contribution in [1.29, 1.82) is 0 Å². The Balaban J connectivity index is 1.48. The van der Waals surface area contributed by atoms with Gasteiger partial charge in [0.1, 0.15) is 12.4 Å². The lowest BCUT2D eigenvalue weighted by molar-refractivity contribution is -0.133. The monoisotopic (exact) mass is 397 g/mol. The average molecular weight is 397 g/mol. The van der Waals surface area contributed by atoms with Crippen LogP contribution in [-0.2, 0) is 27.3 Å². The van der Waals surface area contributed by atoms with Gasteiger partial charge in [-0.3, -0.25) is 4.79 Å². The second kappa shape index (κ2) is 10.1. The lowest BCUT2D eigenvalue weighted by Crippen LogP contribution is -2.43. The van der Waals surface area contributed by atoms with Gasteiger partial charge in [0.2, 0.25) is 5.91 Å². The van der Waals surface area contributed by atoms with Crippen LogP contribution in [0, 0.1) is 5.92 Å². The number of carbonyl (C=O) groups excluding carboxylic acids is 2. The third-order valence-electron chi connectivity index (χ3n) is 5.06. The summed E-state index contributed by atoms with van der Waals surface area (Å²) < 4.78 is 16.0. The highest BCUT2D eigenvalue weighted by Crippen LogP contribution is 2.21. The number of benzene rings is 2. The van der Waals surface area contributed by atoms with Crippen LogP contribution in [0.4, 0.5) is 4.79 Å². The van der Waals surface area contributed by atoms with E-state index in [0.717, 1.165) is 16.9 Å². The first-order valence-electron chi connectivity index (χ1n) is 9.83. The molecule has 1 fully saturated rings. The highest BCUT2D eigenvalue weighted by molar-refractivity contribution is 5.94. The van der Waals surface area contributed by atoms with Gasteiger partial charge in [-0.15, -0.1) is 0 Å². The number of hydrogen-bond donors (Lipinski definition) is 0. The summed E-state index contributed by atoms with van der Waals surface area (Å²) >= 11 is 0. The van der Waals surface area contributed by atoms with Crippen LogP contribution in [-0.4, -0.2) is 43.3 Å². The zero-order valence-electron chi connectivity index (χ0n) is 16.9. The zero-order chi connectivity index (χ0) is 20.6. The largest absolute Gasteiger partial charge is 0.497 e. The van der Waals surface area contributed by atoms with Crippen LogP contribution >= 0.6 is 0 Å². The highest BCUT2D eigenvalue weighted by Gasteiger charge is 2.39. The summed E-state index contributed by atoms with van der Waals surface area (Å²) in [5.74, 6) is 0.270. The molecule has 0 N–H and O–H groups in total. The first kappa shape index (κ1) is 20.9. The number of methoxy groups -OCH3 is 1. The molecule has 0 bridgehead atoms. The van der Waals surface area contributed by atoms with E-state index in [1.54, 1.807) is 7.11 Å². The summed E-state index contributed by atoms with van der Waals surface area (Å²) in [6.07, 6.45) is 0.581. The molecule has 0 aliphatic carbocycles. The van der Waals surface area contributed by atoms with Crippen LogP contribution in [0.3, 0.4) is 0 Å². The van der Waals surface area contributed by atoms with E-state index in [2.05, 4.69) is 0 Å². The van der Waals surface area contributed by atoms with Gasteiger partial charge >= 0.3 is 6.09 Å². The lowest BCUT2D eigenvalue weighted by Gasteiger charge is -2.23. The molecule has 0 aromatic heterocycles. The van der Waals surface area contributed by atoms with Gasteiger partial charge in [0, 0.05) is 12.5 Å². The van der Waals surface area contributed by atoms with Crippen LogP contribution in [0.2, 0.25) is 0 Å². The van der Waals surface area contributed by atoms with Crippen molar-refractivity contribution in [2.24, 2.45) is 5.92 Å². The number of carbonyl (C=O) groups is 2. The van der Waals surface area contributed by atoms with E-state index in [0.29, 0.717) is 26.1 Å². The van der Waals surface area contributed by atoms with Gasteiger partial charge in [-0.05, 0) is 36.1 Å². The van der Waals surface area contributed by atoms with Crippen LogP contribution in [0.1, 0.15) is 24.5 Å².